The number of fused-ring (bicyclic) bond motifs is 1. The van der Waals surface area contributed by atoms with Gasteiger partial charge in [-0.05, 0) is 20.8 Å². The Hall–Kier alpha value is -1.90. The number of aliphatic hydroxyl groups is 1. The largest absolute Gasteiger partial charge is 0.444 e. The van der Waals surface area contributed by atoms with Crippen LogP contribution in [0, 0.1) is 0 Å². The number of nitrogens with zero attached hydrogens (tertiary/aromatic N) is 4. The SMILES string of the molecule is CC(C)(C)OC(=O)N1CC(c2ncc3c(Cl)nccn23)OCC1CO. The first-order valence-electron chi connectivity index (χ1n) is 7.99. The molecule has 136 valence electrons. The molecule has 2 aromatic rings. The van der Waals surface area contributed by atoms with Crippen molar-refractivity contribution in [1.82, 2.24) is 19.3 Å². The van der Waals surface area contributed by atoms with Gasteiger partial charge in [-0.15, -0.1) is 0 Å². The zero-order chi connectivity index (χ0) is 18.2. The van der Waals surface area contributed by atoms with Gasteiger partial charge >= 0.3 is 6.09 Å². The maximum absolute atomic E-state index is 12.5. The zero-order valence-electron chi connectivity index (χ0n) is 14.3. The molecule has 25 heavy (non-hydrogen) atoms. The highest BCUT2D eigenvalue weighted by Crippen LogP contribution is 2.27. The van der Waals surface area contributed by atoms with Gasteiger partial charge in [0.25, 0.3) is 0 Å². The lowest BCUT2D eigenvalue weighted by atomic mass is 10.1. The summed E-state index contributed by atoms with van der Waals surface area (Å²) in [6, 6.07) is -0.456. The Morgan fingerprint density at radius 3 is 2.92 bits per heavy atom. The summed E-state index contributed by atoms with van der Waals surface area (Å²) in [6.45, 7) is 5.60. The van der Waals surface area contributed by atoms with Gasteiger partial charge in [-0.25, -0.2) is 14.8 Å². The number of carbonyl (C=O) groups excluding carboxylic acids is 1. The highest BCUT2D eigenvalue weighted by atomic mass is 35.5. The molecule has 2 unspecified atom stereocenters. The third kappa shape index (κ3) is 3.70. The zero-order valence-corrected chi connectivity index (χ0v) is 15.1. The molecule has 1 fully saturated rings. The number of hydrogen-bond acceptors (Lipinski definition) is 6. The molecule has 0 spiro atoms. The predicted molar refractivity (Wildman–Crippen MR) is 90.5 cm³/mol. The topological polar surface area (TPSA) is 89.2 Å². The van der Waals surface area contributed by atoms with E-state index in [1.807, 2.05) is 0 Å². The lowest BCUT2D eigenvalue weighted by Crippen LogP contribution is -2.53. The highest BCUT2D eigenvalue weighted by molar-refractivity contribution is 6.32. The fraction of sp³-hybridized carbons (Fsp3) is 0.562. The molecule has 0 bridgehead atoms. The fourth-order valence-electron chi connectivity index (χ4n) is 2.70. The van der Waals surface area contributed by atoms with E-state index in [9.17, 15) is 9.90 Å². The van der Waals surface area contributed by atoms with Crippen LogP contribution in [-0.4, -0.2) is 61.9 Å². The number of aromatic nitrogens is 3. The van der Waals surface area contributed by atoms with Crippen LogP contribution >= 0.6 is 11.6 Å². The monoisotopic (exact) mass is 368 g/mol. The predicted octanol–water partition coefficient (Wildman–Crippen LogP) is 2.05. The molecule has 2 atom stereocenters. The van der Waals surface area contributed by atoms with Crippen LogP contribution < -0.4 is 0 Å². The standard InChI is InChI=1S/C16H21ClN4O4/c1-16(2,3)25-15(23)21-7-12(24-9-10(21)8-22)14-19-6-11-13(17)18-4-5-20(11)14/h4-6,10,12,22H,7-9H2,1-3H3. The number of rotatable bonds is 2. The Labute approximate surface area is 150 Å². The number of imidazole rings is 1. The average Bonchev–Trinajstić information content (AvgIpc) is 2.98. The molecule has 0 aromatic carbocycles. The Kier molecular flexibility index (Phi) is 4.86. The van der Waals surface area contributed by atoms with Gasteiger partial charge in [0.2, 0.25) is 0 Å². The summed E-state index contributed by atoms with van der Waals surface area (Å²) in [5.74, 6) is 0.615. The van der Waals surface area contributed by atoms with Crippen LogP contribution in [0.4, 0.5) is 4.79 Å². The number of morpholine rings is 1. The first-order valence-corrected chi connectivity index (χ1v) is 8.37. The smallest absolute Gasteiger partial charge is 0.410 e. The molecule has 2 aromatic heterocycles. The summed E-state index contributed by atoms with van der Waals surface area (Å²) < 4.78 is 13.1. The molecule has 0 radical (unpaired) electrons. The Morgan fingerprint density at radius 2 is 2.24 bits per heavy atom. The molecule has 1 aliphatic heterocycles. The summed E-state index contributed by atoms with van der Waals surface area (Å²) in [5.41, 5.74) is 0.0419. The van der Waals surface area contributed by atoms with Crippen LogP contribution in [-0.2, 0) is 9.47 Å². The van der Waals surface area contributed by atoms with Gasteiger partial charge in [-0.2, -0.15) is 0 Å². The van der Waals surface area contributed by atoms with Gasteiger partial charge in [0.15, 0.2) is 5.15 Å². The van der Waals surface area contributed by atoms with E-state index in [0.29, 0.717) is 16.5 Å². The van der Waals surface area contributed by atoms with Crippen molar-refractivity contribution in [2.24, 2.45) is 0 Å². The van der Waals surface area contributed by atoms with Gasteiger partial charge in [0, 0.05) is 12.4 Å². The van der Waals surface area contributed by atoms with Gasteiger partial charge in [0.05, 0.1) is 32.0 Å². The summed E-state index contributed by atoms with van der Waals surface area (Å²) in [7, 11) is 0. The van der Waals surface area contributed by atoms with Crippen LogP contribution in [0.3, 0.4) is 0 Å². The molecule has 1 saturated heterocycles. The highest BCUT2D eigenvalue weighted by Gasteiger charge is 2.36. The van der Waals surface area contributed by atoms with E-state index in [2.05, 4.69) is 9.97 Å². The van der Waals surface area contributed by atoms with Gasteiger partial charge in [-0.3, -0.25) is 9.30 Å². The molecule has 1 aliphatic rings. The van der Waals surface area contributed by atoms with Gasteiger partial charge in [-0.1, -0.05) is 11.6 Å². The first kappa shape index (κ1) is 17.9. The van der Waals surface area contributed by atoms with Crippen LogP contribution in [0.5, 0.6) is 0 Å². The second-order valence-electron chi connectivity index (χ2n) is 6.88. The quantitative estimate of drug-likeness (QED) is 0.872. The number of hydrogen-bond donors (Lipinski definition) is 1. The summed E-state index contributed by atoms with van der Waals surface area (Å²) in [5, 5.41) is 9.90. The molecule has 1 amide bonds. The summed E-state index contributed by atoms with van der Waals surface area (Å²) in [6.07, 6.45) is 3.98. The number of halogens is 1. The average molecular weight is 369 g/mol. The van der Waals surface area contributed by atoms with Crippen molar-refractivity contribution >= 4 is 23.2 Å². The molecule has 0 saturated carbocycles. The number of carbonyl (C=O) groups is 1. The van der Waals surface area contributed by atoms with E-state index in [1.165, 1.54) is 4.90 Å². The molecule has 9 heteroatoms. The molecule has 3 heterocycles. The Bertz CT molecular complexity index is 773. The van der Waals surface area contributed by atoms with Crippen molar-refractivity contribution in [1.29, 1.82) is 0 Å². The van der Waals surface area contributed by atoms with Crippen molar-refractivity contribution in [3.63, 3.8) is 0 Å². The van der Waals surface area contributed by atoms with Crippen molar-refractivity contribution in [2.45, 2.75) is 38.5 Å². The third-order valence-corrected chi connectivity index (χ3v) is 4.15. The molecule has 0 aliphatic carbocycles. The minimum Gasteiger partial charge on any atom is -0.444 e. The number of amides is 1. The van der Waals surface area contributed by atoms with Crippen molar-refractivity contribution in [2.75, 3.05) is 19.8 Å². The summed E-state index contributed by atoms with van der Waals surface area (Å²) >= 11 is 6.08. The van der Waals surface area contributed by atoms with Crippen LogP contribution in [0.1, 0.15) is 32.7 Å². The second-order valence-corrected chi connectivity index (χ2v) is 7.24. The van der Waals surface area contributed by atoms with E-state index in [0.717, 1.165) is 0 Å². The van der Waals surface area contributed by atoms with E-state index in [1.54, 1.807) is 43.8 Å². The first-order chi connectivity index (χ1) is 11.8. The minimum absolute atomic E-state index is 0.189. The Morgan fingerprint density at radius 1 is 1.48 bits per heavy atom. The molecule has 1 N–H and O–H groups in total. The van der Waals surface area contributed by atoms with Crippen molar-refractivity contribution in [3.05, 3.63) is 29.6 Å². The molecular formula is C16H21ClN4O4. The van der Waals surface area contributed by atoms with E-state index in [4.69, 9.17) is 21.1 Å². The van der Waals surface area contributed by atoms with E-state index >= 15 is 0 Å². The number of ether oxygens (including phenoxy) is 2. The summed E-state index contributed by atoms with van der Waals surface area (Å²) in [4.78, 5) is 22.4. The normalized spacial score (nSPS) is 21.6. The molecule has 8 nitrogen and oxygen atoms in total. The van der Waals surface area contributed by atoms with Gasteiger partial charge in [0.1, 0.15) is 23.0 Å². The van der Waals surface area contributed by atoms with Crippen molar-refractivity contribution < 1.29 is 19.4 Å². The molecular weight excluding hydrogens is 348 g/mol. The van der Waals surface area contributed by atoms with Crippen molar-refractivity contribution in [3.8, 4) is 0 Å². The lowest BCUT2D eigenvalue weighted by Gasteiger charge is -2.38. The number of aliphatic hydroxyl groups excluding tert-OH is 1. The molecule has 3 rings (SSSR count). The Balaban J connectivity index is 1.86. The van der Waals surface area contributed by atoms with E-state index in [-0.39, 0.29) is 19.8 Å². The maximum Gasteiger partial charge on any atom is 0.410 e. The van der Waals surface area contributed by atoms with Crippen LogP contribution in [0.25, 0.3) is 5.52 Å². The second kappa shape index (κ2) is 6.78. The fourth-order valence-corrected chi connectivity index (χ4v) is 2.90. The van der Waals surface area contributed by atoms with Gasteiger partial charge < -0.3 is 14.6 Å². The van der Waals surface area contributed by atoms with Crippen LogP contribution in [0.15, 0.2) is 18.6 Å². The lowest BCUT2D eigenvalue weighted by molar-refractivity contribution is -0.0845. The minimum atomic E-state index is -0.621. The van der Waals surface area contributed by atoms with E-state index < -0.39 is 23.8 Å². The third-order valence-electron chi connectivity index (χ3n) is 3.86. The maximum atomic E-state index is 12.5. The van der Waals surface area contributed by atoms with Crippen LogP contribution in [0.2, 0.25) is 5.15 Å².